The van der Waals surface area contributed by atoms with Gasteiger partial charge in [-0.2, -0.15) is 0 Å². The highest BCUT2D eigenvalue weighted by Crippen LogP contribution is 2.32. The summed E-state index contributed by atoms with van der Waals surface area (Å²) in [6, 6.07) is 15.1. The minimum Gasteiger partial charge on any atom is -0.265 e. The van der Waals surface area contributed by atoms with Crippen LogP contribution in [0.15, 0.2) is 54.9 Å². The molecule has 0 saturated carbocycles. The maximum absolute atomic E-state index is 4.10. The van der Waals surface area contributed by atoms with E-state index in [9.17, 15) is 0 Å². The van der Waals surface area contributed by atoms with Crippen LogP contribution in [-0.4, -0.2) is 4.98 Å². The molecule has 1 heteroatoms. The number of rotatable bonds is 5. The third-order valence-electron chi connectivity index (χ3n) is 4.18. The van der Waals surface area contributed by atoms with Crippen LogP contribution in [0.25, 0.3) is 0 Å². The highest BCUT2D eigenvalue weighted by molar-refractivity contribution is 5.20. The molecule has 0 amide bonds. The predicted molar refractivity (Wildman–Crippen MR) is 81.3 cm³/mol. The van der Waals surface area contributed by atoms with E-state index in [0.717, 1.165) is 0 Å². The molecule has 0 saturated heterocycles. The Hall–Kier alpha value is -1.63. The molecule has 100 valence electrons. The Morgan fingerprint density at radius 1 is 0.842 bits per heavy atom. The molecule has 0 fully saturated rings. The molecule has 1 heterocycles. The molecule has 0 radical (unpaired) electrons. The van der Waals surface area contributed by atoms with Crippen LogP contribution in [0.2, 0.25) is 0 Å². The Morgan fingerprint density at radius 2 is 1.47 bits per heavy atom. The highest BCUT2D eigenvalue weighted by Gasteiger charge is 2.17. The van der Waals surface area contributed by atoms with Gasteiger partial charge < -0.3 is 0 Å². The maximum atomic E-state index is 4.10. The summed E-state index contributed by atoms with van der Waals surface area (Å²) >= 11 is 0. The van der Waals surface area contributed by atoms with Crippen molar-refractivity contribution in [1.29, 1.82) is 0 Å². The first-order chi connectivity index (χ1) is 9.18. The Morgan fingerprint density at radius 3 is 2.11 bits per heavy atom. The van der Waals surface area contributed by atoms with Crippen molar-refractivity contribution < 1.29 is 0 Å². The molecule has 3 atom stereocenters. The van der Waals surface area contributed by atoms with Gasteiger partial charge >= 0.3 is 0 Å². The first-order valence-corrected chi connectivity index (χ1v) is 7.13. The quantitative estimate of drug-likeness (QED) is 0.729. The summed E-state index contributed by atoms with van der Waals surface area (Å²) in [5.41, 5.74) is 2.83. The largest absolute Gasteiger partial charge is 0.265 e. The lowest BCUT2D eigenvalue weighted by atomic mass is 9.81. The van der Waals surface area contributed by atoms with Gasteiger partial charge in [0, 0.05) is 12.4 Å². The zero-order valence-electron chi connectivity index (χ0n) is 12.1. The summed E-state index contributed by atoms with van der Waals surface area (Å²) in [6.45, 7) is 6.99. The van der Waals surface area contributed by atoms with E-state index in [4.69, 9.17) is 0 Å². The first-order valence-electron chi connectivity index (χ1n) is 7.13. The molecule has 0 aliphatic carbocycles. The molecule has 2 aromatic rings. The molecule has 3 unspecified atom stereocenters. The minimum atomic E-state index is 0.578. The summed E-state index contributed by atoms with van der Waals surface area (Å²) in [6.07, 6.45) is 4.99. The van der Waals surface area contributed by atoms with Crippen molar-refractivity contribution in [2.75, 3.05) is 0 Å². The normalized spacial score (nSPS) is 15.7. The van der Waals surface area contributed by atoms with Gasteiger partial charge in [-0.25, -0.2) is 0 Å². The van der Waals surface area contributed by atoms with E-state index < -0.39 is 0 Å². The van der Waals surface area contributed by atoms with Gasteiger partial charge in [0.05, 0.1) is 0 Å². The second-order valence-electron chi connectivity index (χ2n) is 5.59. The highest BCUT2D eigenvalue weighted by atomic mass is 14.6. The van der Waals surface area contributed by atoms with Crippen molar-refractivity contribution >= 4 is 0 Å². The molecule has 0 bridgehead atoms. The van der Waals surface area contributed by atoms with Crippen molar-refractivity contribution in [1.82, 2.24) is 4.98 Å². The second kappa shape index (κ2) is 6.51. The average molecular weight is 253 g/mol. The molecule has 0 N–H and O–H groups in total. The van der Waals surface area contributed by atoms with E-state index in [0.29, 0.717) is 17.8 Å². The molecule has 0 spiro atoms. The van der Waals surface area contributed by atoms with Crippen molar-refractivity contribution in [3.05, 3.63) is 66.0 Å². The molecule has 1 aromatic heterocycles. The van der Waals surface area contributed by atoms with Crippen molar-refractivity contribution in [2.24, 2.45) is 5.92 Å². The van der Waals surface area contributed by atoms with Gasteiger partial charge in [0.2, 0.25) is 0 Å². The number of hydrogen-bond acceptors (Lipinski definition) is 1. The topological polar surface area (TPSA) is 12.9 Å². The number of aromatic nitrogens is 1. The third-order valence-corrected chi connectivity index (χ3v) is 4.18. The molecule has 1 nitrogen and oxygen atoms in total. The summed E-state index contributed by atoms with van der Waals surface area (Å²) in [4.78, 5) is 4.10. The summed E-state index contributed by atoms with van der Waals surface area (Å²) < 4.78 is 0. The van der Waals surface area contributed by atoms with E-state index >= 15 is 0 Å². The number of hydrogen-bond donors (Lipinski definition) is 0. The van der Waals surface area contributed by atoms with E-state index in [1.165, 1.54) is 17.5 Å². The fourth-order valence-electron chi connectivity index (χ4n) is 2.67. The lowest BCUT2D eigenvalue weighted by molar-refractivity contribution is 0.420. The van der Waals surface area contributed by atoms with Crippen LogP contribution in [0.4, 0.5) is 0 Å². The first kappa shape index (κ1) is 13.8. The second-order valence-corrected chi connectivity index (χ2v) is 5.59. The van der Waals surface area contributed by atoms with Gasteiger partial charge in [0.1, 0.15) is 0 Å². The van der Waals surface area contributed by atoms with Crippen LogP contribution in [0.1, 0.15) is 50.2 Å². The van der Waals surface area contributed by atoms with Gasteiger partial charge in [0.25, 0.3) is 0 Å². The SMILES string of the molecule is CC(CC(C)C(C)c1ccncc1)c1ccccc1. The minimum absolute atomic E-state index is 0.578. The van der Waals surface area contributed by atoms with Crippen LogP contribution in [0, 0.1) is 5.92 Å². The Balaban J connectivity index is 1.99. The van der Waals surface area contributed by atoms with Gasteiger partial charge in [-0.05, 0) is 47.4 Å². The maximum Gasteiger partial charge on any atom is 0.0270 e. The van der Waals surface area contributed by atoms with E-state index in [-0.39, 0.29) is 0 Å². The molecule has 19 heavy (non-hydrogen) atoms. The van der Waals surface area contributed by atoms with Crippen LogP contribution >= 0.6 is 0 Å². The van der Waals surface area contributed by atoms with Gasteiger partial charge in [-0.15, -0.1) is 0 Å². The van der Waals surface area contributed by atoms with Crippen molar-refractivity contribution in [2.45, 2.75) is 39.0 Å². The van der Waals surface area contributed by atoms with E-state index in [1.54, 1.807) is 0 Å². The molecular weight excluding hydrogens is 230 g/mol. The zero-order chi connectivity index (χ0) is 13.7. The molecular formula is C18H23N. The van der Waals surface area contributed by atoms with Crippen LogP contribution in [-0.2, 0) is 0 Å². The number of pyridine rings is 1. The predicted octanol–water partition coefficient (Wildman–Crippen LogP) is 5.02. The lowest BCUT2D eigenvalue weighted by Gasteiger charge is -2.23. The monoisotopic (exact) mass is 253 g/mol. The third kappa shape index (κ3) is 3.66. The molecule has 0 aliphatic heterocycles. The zero-order valence-corrected chi connectivity index (χ0v) is 12.1. The van der Waals surface area contributed by atoms with E-state index in [1.807, 2.05) is 12.4 Å². The van der Waals surface area contributed by atoms with Gasteiger partial charge in [0.15, 0.2) is 0 Å². The summed E-state index contributed by atoms with van der Waals surface area (Å²) in [5.74, 6) is 1.85. The fraction of sp³-hybridized carbons (Fsp3) is 0.389. The van der Waals surface area contributed by atoms with E-state index in [2.05, 4.69) is 68.2 Å². The fourth-order valence-corrected chi connectivity index (χ4v) is 2.67. The number of benzene rings is 1. The van der Waals surface area contributed by atoms with Crippen LogP contribution in [0.3, 0.4) is 0 Å². The molecule has 2 rings (SSSR count). The average Bonchev–Trinajstić information content (AvgIpc) is 2.48. The van der Waals surface area contributed by atoms with Crippen molar-refractivity contribution in [3.63, 3.8) is 0 Å². The Bertz CT molecular complexity index is 478. The summed E-state index contributed by atoms with van der Waals surface area (Å²) in [7, 11) is 0. The molecule has 0 aliphatic rings. The van der Waals surface area contributed by atoms with Gasteiger partial charge in [-0.3, -0.25) is 4.98 Å². The van der Waals surface area contributed by atoms with Crippen LogP contribution < -0.4 is 0 Å². The smallest absolute Gasteiger partial charge is 0.0270 e. The van der Waals surface area contributed by atoms with Crippen LogP contribution in [0.5, 0.6) is 0 Å². The summed E-state index contributed by atoms with van der Waals surface area (Å²) in [5, 5.41) is 0. The number of nitrogens with zero attached hydrogens (tertiary/aromatic N) is 1. The molecule has 1 aromatic carbocycles. The lowest BCUT2D eigenvalue weighted by Crippen LogP contribution is -2.10. The van der Waals surface area contributed by atoms with Gasteiger partial charge in [-0.1, -0.05) is 51.1 Å². The Labute approximate surface area is 116 Å². The Kier molecular flexibility index (Phi) is 4.73. The van der Waals surface area contributed by atoms with Crippen molar-refractivity contribution in [3.8, 4) is 0 Å². The standard InChI is InChI=1S/C18H23N/c1-14(16(3)18-9-11-19-12-10-18)13-15(2)17-7-5-4-6-8-17/h4-12,14-16H,13H2,1-3H3.